The van der Waals surface area contributed by atoms with Crippen LogP contribution in [0.5, 0.6) is 5.75 Å². The summed E-state index contributed by atoms with van der Waals surface area (Å²) in [5.41, 5.74) is 2.22. The Morgan fingerprint density at radius 2 is 1.78 bits per heavy atom. The summed E-state index contributed by atoms with van der Waals surface area (Å²) < 4.78 is 27.5. The number of methoxy groups -OCH3 is 1. The zero-order valence-corrected chi connectivity index (χ0v) is 14.4. The minimum Gasteiger partial charge on any atom is -1.00 e. The molecule has 0 fully saturated rings. The third kappa shape index (κ3) is 6.19. The van der Waals surface area contributed by atoms with Gasteiger partial charge in [0, 0.05) is 6.54 Å². The van der Waals surface area contributed by atoms with Crippen LogP contribution < -0.4 is 27.6 Å². The van der Waals surface area contributed by atoms with Crippen molar-refractivity contribution in [3.05, 3.63) is 59.7 Å². The predicted octanol–water partition coefficient (Wildman–Crippen LogP) is -1.32. The first-order valence-electron chi connectivity index (χ1n) is 6.94. The Labute approximate surface area is 143 Å². The number of rotatable bonds is 7. The van der Waals surface area contributed by atoms with Crippen molar-refractivity contribution < 1.29 is 25.6 Å². The Balaban J connectivity index is 0.00000264. The summed E-state index contributed by atoms with van der Waals surface area (Å²) in [5.74, 6) is 0.845. The van der Waals surface area contributed by atoms with Crippen LogP contribution in [0.2, 0.25) is 0 Å². The zero-order chi connectivity index (χ0) is 16.0. The fraction of sp³-hybridized carbons (Fsp3) is 0.250. The summed E-state index contributed by atoms with van der Waals surface area (Å²) in [6.07, 6.45) is 0.814. The van der Waals surface area contributed by atoms with Gasteiger partial charge in [-0.3, -0.25) is 0 Å². The Morgan fingerprint density at radius 1 is 1.09 bits per heavy atom. The fourth-order valence-electron chi connectivity index (χ4n) is 2.09. The van der Waals surface area contributed by atoms with Crippen molar-refractivity contribution in [3.63, 3.8) is 0 Å². The van der Waals surface area contributed by atoms with Crippen LogP contribution in [0.4, 0.5) is 0 Å². The van der Waals surface area contributed by atoms with Gasteiger partial charge in [-0.1, -0.05) is 24.3 Å². The first kappa shape index (κ1) is 19.4. The standard InChI is InChI=1S/C16H20N2O3S.ClH/c1-21-15-4-2-3-14(11-15)12-18-10-9-13-5-7-16(8-6-13)22(17,19)20;/h2-8,11,18H,9-10,12H2,1H3,(H2,17,19,20);1H/p-1. The molecule has 0 aromatic heterocycles. The van der Waals surface area contributed by atoms with Crippen LogP contribution in [0.1, 0.15) is 11.1 Å². The summed E-state index contributed by atoms with van der Waals surface area (Å²) in [7, 11) is -1.96. The van der Waals surface area contributed by atoms with Crippen LogP contribution in [0, 0.1) is 0 Å². The normalized spacial score (nSPS) is 10.9. The van der Waals surface area contributed by atoms with E-state index in [0.717, 1.165) is 36.4 Å². The third-order valence-corrected chi connectivity index (χ3v) is 4.23. The maximum atomic E-state index is 11.2. The van der Waals surface area contributed by atoms with Gasteiger partial charge >= 0.3 is 0 Å². The van der Waals surface area contributed by atoms with Gasteiger partial charge in [-0.2, -0.15) is 0 Å². The summed E-state index contributed by atoms with van der Waals surface area (Å²) in [5, 5.41) is 8.41. The number of hydrogen-bond donors (Lipinski definition) is 2. The van der Waals surface area contributed by atoms with Gasteiger partial charge < -0.3 is 22.5 Å². The van der Waals surface area contributed by atoms with E-state index in [9.17, 15) is 8.42 Å². The maximum Gasteiger partial charge on any atom is 0.238 e. The highest BCUT2D eigenvalue weighted by Crippen LogP contribution is 2.12. The van der Waals surface area contributed by atoms with Crippen molar-refractivity contribution in [2.75, 3.05) is 13.7 Å². The first-order valence-corrected chi connectivity index (χ1v) is 8.49. The van der Waals surface area contributed by atoms with Crippen LogP contribution in [-0.2, 0) is 23.0 Å². The minimum absolute atomic E-state index is 0. The number of ether oxygens (including phenoxy) is 1. The molecule has 126 valence electrons. The predicted molar refractivity (Wildman–Crippen MR) is 86.2 cm³/mol. The Hall–Kier alpha value is -1.60. The van der Waals surface area contributed by atoms with Crippen LogP contribution in [0.15, 0.2) is 53.4 Å². The lowest BCUT2D eigenvalue weighted by atomic mass is 10.1. The zero-order valence-electron chi connectivity index (χ0n) is 12.8. The van der Waals surface area contributed by atoms with Gasteiger partial charge in [0.2, 0.25) is 10.0 Å². The van der Waals surface area contributed by atoms with E-state index in [1.807, 2.05) is 24.3 Å². The van der Waals surface area contributed by atoms with Crippen molar-refractivity contribution in [2.24, 2.45) is 5.14 Å². The number of benzene rings is 2. The molecule has 7 heteroatoms. The smallest absolute Gasteiger partial charge is 0.238 e. The molecule has 0 amide bonds. The summed E-state index contributed by atoms with van der Waals surface area (Å²) >= 11 is 0. The first-order chi connectivity index (χ1) is 10.5. The molecule has 0 saturated carbocycles. The minimum atomic E-state index is -3.61. The monoisotopic (exact) mass is 355 g/mol. The molecule has 5 nitrogen and oxygen atoms in total. The van der Waals surface area contributed by atoms with Crippen molar-refractivity contribution >= 4 is 10.0 Å². The van der Waals surface area contributed by atoms with Crippen LogP contribution in [0.25, 0.3) is 0 Å². The molecular formula is C16H20ClN2O3S-. The highest BCUT2D eigenvalue weighted by Gasteiger charge is 2.06. The largest absolute Gasteiger partial charge is 1.00 e. The SMILES string of the molecule is COc1cccc(CNCCc2ccc(S(N)(=O)=O)cc2)c1.[Cl-]. The molecule has 0 heterocycles. The summed E-state index contributed by atoms with van der Waals surface area (Å²) in [6, 6.07) is 14.5. The van der Waals surface area contributed by atoms with E-state index < -0.39 is 10.0 Å². The molecule has 0 atom stereocenters. The Morgan fingerprint density at radius 3 is 2.39 bits per heavy atom. The molecule has 0 aliphatic rings. The van der Waals surface area contributed by atoms with Gasteiger partial charge in [0.1, 0.15) is 5.75 Å². The average molecular weight is 356 g/mol. The number of nitrogens with one attached hydrogen (secondary N) is 1. The maximum absolute atomic E-state index is 11.2. The van der Waals surface area contributed by atoms with E-state index in [1.54, 1.807) is 19.2 Å². The number of nitrogens with two attached hydrogens (primary N) is 1. The Kier molecular flexibility index (Phi) is 7.51. The lowest BCUT2D eigenvalue weighted by molar-refractivity contribution is -0.00000749. The molecule has 3 N–H and O–H groups in total. The highest BCUT2D eigenvalue weighted by molar-refractivity contribution is 7.89. The van der Waals surface area contributed by atoms with E-state index in [-0.39, 0.29) is 17.3 Å². The number of hydrogen-bond acceptors (Lipinski definition) is 4. The van der Waals surface area contributed by atoms with Gasteiger partial charge in [-0.25, -0.2) is 13.6 Å². The lowest BCUT2D eigenvalue weighted by Gasteiger charge is -2.07. The van der Waals surface area contributed by atoms with Gasteiger partial charge in [0.25, 0.3) is 0 Å². The van der Waals surface area contributed by atoms with Gasteiger partial charge in [-0.15, -0.1) is 0 Å². The van der Waals surface area contributed by atoms with E-state index in [0.29, 0.717) is 0 Å². The van der Waals surface area contributed by atoms with Gasteiger partial charge in [0.15, 0.2) is 0 Å². The van der Waals surface area contributed by atoms with Crippen molar-refractivity contribution in [1.82, 2.24) is 5.32 Å². The molecule has 0 aliphatic heterocycles. The molecule has 23 heavy (non-hydrogen) atoms. The van der Waals surface area contributed by atoms with E-state index in [2.05, 4.69) is 5.32 Å². The fourth-order valence-corrected chi connectivity index (χ4v) is 2.61. The number of primary sulfonamides is 1. The highest BCUT2D eigenvalue weighted by atomic mass is 35.5. The van der Waals surface area contributed by atoms with E-state index in [1.165, 1.54) is 12.1 Å². The van der Waals surface area contributed by atoms with E-state index >= 15 is 0 Å². The molecule has 0 saturated heterocycles. The quantitative estimate of drug-likeness (QED) is 0.604. The average Bonchev–Trinajstić information content (AvgIpc) is 2.51. The second-order valence-corrected chi connectivity index (χ2v) is 6.53. The third-order valence-electron chi connectivity index (χ3n) is 3.31. The van der Waals surface area contributed by atoms with Crippen LogP contribution >= 0.6 is 0 Å². The Bertz CT molecular complexity index is 718. The topological polar surface area (TPSA) is 81.4 Å². The molecule has 2 aromatic rings. The molecule has 0 radical (unpaired) electrons. The molecule has 0 unspecified atom stereocenters. The van der Waals surface area contributed by atoms with Crippen molar-refractivity contribution in [3.8, 4) is 5.75 Å². The molecule has 0 spiro atoms. The summed E-state index contributed by atoms with van der Waals surface area (Å²) in [4.78, 5) is 0.139. The second kappa shape index (κ2) is 8.88. The van der Waals surface area contributed by atoms with Crippen molar-refractivity contribution in [2.45, 2.75) is 17.9 Å². The summed E-state index contributed by atoms with van der Waals surface area (Å²) in [6.45, 7) is 1.55. The van der Waals surface area contributed by atoms with Gasteiger partial charge in [-0.05, 0) is 48.4 Å². The number of halogens is 1. The number of sulfonamides is 1. The lowest BCUT2D eigenvalue weighted by Crippen LogP contribution is -3.00. The van der Waals surface area contributed by atoms with Crippen LogP contribution in [0.3, 0.4) is 0 Å². The van der Waals surface area contributed by atoms with Crippen LogP contribution in [-0.4, -0.2) is 22.1 Å². The molecule has 0 bridgehead atoms. The van der Waals surface area contributed by atoms with E-state index in [4.69, 9.17) is 9.88 Å². The second-order valence-electron chi connectivity index (χ2n) is 4.97. The molecule has 2 aromatic carbocycles. The van der Waals surface area contributed by atoms with Crippen molar-refractivity contribution in [1.29, 1.82) is 0 Å². The molecular weight excluding hydrogens is 336 g/mol. The molecule has 0 aliphatic carbocycles. The van der Waals surface area contributed by atoms with Gasteiger partial charge in [0.05, 0.1) is 12.0 Å². The molecule has 2 rings (SSSR count).